The Morgan fingerprint density at radius 2 is 1.08 bits per heavy atom. The van der Waals surface area contributed by atoms with Gasteiger partial charge in [-0.05, 0) is 83.5 Å². The largest absolute Gasteiger partial charge is 0.472 e. The van der Waals surface area contributed by atoms with E-state index in [1.54, 1.807) is 0 Å². The molecule has 0 saturated carbocycles. The summed E-state index contributed by atoms with van der Waals surface area (Å²) in [5.74, 6) is -0.353. The zero-order valence-corrected chi connectivity index (χ0v) is 33.9. The van der Waals surface area contributed by atoms with Gasteiger partial charge in [-0.25, -0.2) is 4.57 Å². The van der Waals surface area contributed by atoms with Crippen molar-refractivity contribution in [2.75, 3.05) is 33.0 Å². The fourth-order valence-corrected chi connectivity index (χ4v) is 5.90. The van der Waals surface area contributed by atoms with Gasteiger partial charge >= 0.3 is 13.8 Å². The summed E-state index contributed by atoms with van der Waals surface area (Å²) in [6, 6.07) is 0. The number of ether oxygens (including phenoxy) is 2. The minimum absolute atomic E-state index is 0.0909. The number of phosphoric acid groups is 1. The summed E-state index contributed by atoms with van der Waals surface area (Å²) in [5.41, 5.74) is 5.36. The summed E-state index contributed by atoms with van der Waals surface area (Å²) in [6.07, 6.45) is 49.2. The second kappa shape index (κ2) is 40.1. The molecule has 0 aliphatic rings. The van der Waals surface area contributed by atoms with E-state index in [1.807, 2.05) is 0 Å². The molecule has 8 nitrogen and oxygen atoms in total. The van der Waals surface area contributed by atoms with Crippen LogP contribution in [-0.2, 0) is 27.9 Å². The van der Waals surface area contributed by atoms with Crippen molar-refractivity contribution in [2.45, 2.75) is 161 Å². The monoisotopic (exact) mass is 750 g/mol. The van der Waals surface area contributed by atoms with E-state index in [0.29, 0.717) is 13.0 Å². The van der Waals surface area contributed by atoms with Crippen LogP contribution in [0.4, 0.5) is 0 Å². The molecule has 0 aliphatic heterocycles. The average molecular weight is 750 g/mol. The van der Waals surface area contributed by atoms with Crippen molar-refractivity contribution >= 4 is 13.8 Å². The van der Waals surface area contributed by atoms with E-state index in [2.05, 4.69) is 86.8 Å². The van der Waals surface area contributed by atoms with E-state index in [0.717, 1.165) is 96.3 Å². The molecule has 0 rings (SSSR count). The van der Waals surface area contributed by atoms with Gasteiger partial charge in [0.25, 0.3) is 0 Å². The summed E-state index contributed by atoms with van der Waals surface area (Å²) in [7, 11) is -4.29. The number of hydrogen-bond donors (Lipinski definition) is 2. The number of carbonyl (C=O) groups is 1. The molecule has 0 aromatic heterocycles. The Labute approximate surface area is 318 Å². The average Bonchev–Trinajstić information content (AvgIpc) is 3.13. The molecule has 300 valence electrons. The van der Waals surface area contributed by atoms with Gasteiger partial charge in [0.15, 0.2) is 0 Å². The lowest BCUT2D eigenvalue weighted by molar-refractivity contribution is -0.154. The highest BCUT2D eigenvalue weighted by Crippen LogP contribution is 2.43. The predicted molar refractivity (Wildman–Crippen MR) is 219 cm³/mol. The van der Waals surface area contributed by atoms with Crippen molar-refractivity contribution in [2.24, 2.45) is 5.73 Å². The number of nitrogens with two attached hydrogens (primary N) is 1. The van der Waals surface area contributed by atoms with Crippen LogP contribution < -0.4 is 5.73 Å². The normalized spacial score (nSPS) is 14.3. The molecule has 0 spiro atoms. The Hall–Kier alpha value is -2.06. The highest BCUT2D eigenvalue weighted by atomic mass is 31.2. The van der Waals surface area contributed by atoms with Crippen LogP contribution in [-0.4, -0.2) is 49.9 Å². The van der Waals surface area contributed by atoms with Crippen molar-refractivity contribution in [1.82, 2.24) is 0 Å². The second-order valence-electron chi connectivity index (χ2n) is 13.1. The third-order valence-corrected chi connectivity index (χ3v) is 9.09. The zero-order chi connectivity index (χ0) is 38.1. The van der Waals surface area contributed by atoms with Gasteiger partial charge in [0.1, 0.15) is 6.10 Å². The van der Waals surface area contributed by atoms with Gasteiger partial charge in [-0.1, -0.05) is 138 Å². The van der Waals surface area contributed by atoms with Crippen LogP contribution in [0.15, 0.2) is 72.9 Å². The van der Waals surface area contributed by atoms with Gasteiger partial charge < -0.3 is 20.1 Å². The minimum Gasteiger partial charge on any atom is -0.457 e. The molecule has 0 heterocycles. The van der Waals surface area contributed by atoms with E-state index >= 15 is 0 Å². The molecule has 0 saturated heterocycles. The van der Waals surface area contributed by atoms with Crippen molar-refractivity contribution in [3.05, 3.63) is 72.9 Å². The SMILES string of the molecule is CC/C=C\C/C=C\C/C=C\C/C=C\C/C=C\CCCCCCOCC(COP(=O)(O)OCCN)OC(=O)CCCCCCC/C=C\CCCCCC. The Morgan fingerprint density at radius 3 is 1.63 bits per heavy atom. The summed E-state index contributed by atoms with van der Waals surface area (Å²) >= 11 is 0. The lowest BCUT2D eigenvalue weighted by Gasteiger charge is -2.20. The Morgan fingerprint density at radius 1 is 0.596 bits per heavy atom. The Bertz CT molecular complexity index is 1020. The molecule has 0 amide bonds. The quantitative estimate of drug-likeness (QED) is 0.0277. The van der Waals surface area contributed by atoms with Gasteiger partial charge in [0.2, 0.25) is 0 Å². The first-order valence-corrected chi connectivity index (χ1v) is 21.9. The van der Waals surface area contributed by atoms with Crippen LogP contribution in [0.25, 0.3) is 0 Å². The van der Waals surface area contributed by atoms with Crippen molar-refractivity contribution in [3.8, 4) is 0 Å². The number of hydrogen-bond acceptors (Lipinski definition) is 7. The maximum Gasteiger partial charge on any atom is 0.472 e. The third-order valence-electron chi connectivity index (χ3n) is 8.11. The molecule has 0 aliphatic carbocycles. The van der Waals surface area contributed by atoms with Crippen LogP contribution in [0, 0.1) is 0 Å². The topological polar surface area (TPSA) is 117 Å². The van der Waals surface area contributed by atoms with E-state index in [9.17, 15) is 14.3 Å². The van der Waals surface area contributed by atoms with Crippen molar-refractivity contribution < 1.29 is 32.8 Å². The van der Waals surface area contributed by atoms with Gasteiger partial charge in [0, 0.05) is 19.6 Å². The van der Waals surface area contributed by atoms with Gasteiger partial charge in [-0.3, -0.25) is 13.8 Å². The van der Waals surface area contributed by atoms with E-state index in [-0.39, 0.29) is 32.3 Å². The molecule has 0 bridgehead atoms. The summed E-state index contributed by atoms with van der Waals surface area (Å²) in [5, 5.41) is 0. The molecule has 0 aromatic rings. The third kappa shape index (κ3) is 39.2. The first kappa shape index (κ1) is 49.9. The van der Waals surface area contributed by atoms with Gasteiger partial charge in [0.05, 0.1) is 19.8 Å². The highest BCUT2D eigenvalue weighted by Gasteiger charge is 2.25. The van der Waals surface area contributed by atoms with Crippen molar-refractivity contribution in [3.63, 3.8) is 0 Å². The van der Waals surface area contributed by atoms with Gasteiger partial charge in [-0.15, -0.1) is 0 Å². The molecule has 3 N–H and O–H groups in total. The van der Waals surface area contributed by atoms with Gasteiger partial charge in [-0.2, -0.15) is 0 Å². The molecule has 0 radical (unpaired) electrons. The van der Waals surface area contributed by atoms with Crippen LogP contribution in [0.1, 0.15) is 155 Å². The first-order valence-electron chi connectivity index (χ1n) is 20.4. The lowest BCUT2D eigenvalue weighted by atomic mass is 10.1. The molecular formula is C43H76NO7P. The Balaban J connectivity index is 4.14. The number of allylic oxidation sites excluding steroid dienone is 12. The lowest BCUT2D eigenvalue weighted by Crippen LogP contribution is -2.28. The molecule has 0 aromatic carbocycles. The standard InChI is InChI=1S/C43H76NO7P/c1-3-5-7-9-11-13-15-17-18-19-20-21-22-23-25-27-29-31-33-35-38-48-40-42(41-50-52(46,47)49-39-37-44)51-43(45)36-34-32-30-28-26-24-16-14-12-10-8-6-4-2/h5,7,11,13-14,16-18,20-21,23,25,42H,3-4,6,8-10,12,15,19,22,24,26-41,44H2,1-2H3,(H,46,47)/b7-5-,13-11-,16-14-,18-17-,21-20-,25-23-. The van der Waals surface area contributed by atoms with Crippen LogP contribution >= 0.6 is 7.82 Å². The van der Waals surface area contributed by atoms with Crippen LogP contribution in [0.5, 0.6) is 0 Å². The molecular weight excluding hydrogens is 673 g/mol. The number of esters is 1. The zero-order valence-electron chi connectivity index (χ0n) is 33.0. The van der Waals surface area contributed by atoms with E-state index in [1.165, 1.54) is 38.5 Å². The molecule has 2 unspecified atom stereocenters. The predicted octanol–water partition coefficient (Wildman–Crippen LogP) is 12.0. The number of carbonyl (C=O) groups excluding carboxylic acids is 1. The molecule has 52 heavy (non-hydrogen) atoms. The maximum atomic E-state index is 12.5. The summed E-state index contributed by atoms with van der Waals surface area (Å²) < 4.78 is 33.3. The number of rotatable bonds is 38. The van der Waals surface area contributed by atoms with E-state index in [4.69, 9.17) is 24.3 Å². The van der Waals surface area contributed by atoms with Crippen LogP contribution in [0.2, 0.25) is 0 Å². The van der Waals surface area contributed by atoms with Crippen LogP contribution in [0.3, 0.4) is 0 Å². The fraction of sp³-hybridized carbons (Fsp3) is 0.698. The van der Waals surface area contributed by atoms with E-state index < -0.39 is 13.9 Å². The number of phosphoric ester groups is 1. The minimum atomic E-state index is -4.29. The second-order valence-corrected chi connectivity index (χ2v) is 14.6. The molecule has 2 atom stereocenters. The fourth-order valence-electron chi connectivity index (χ4n) is 5.13. The molecule has 0 fully saturated rings. The smallest absolute Gasteiger partial charge is 0.457 e. The Kier molecular flexibility index (Phi) is 38.5. The number of unbranched alkanes of at least 4 members (excludes halogenated alkanes) is 13. The summed E-state index contributed by atoms with van der Waals surface area (Å²) in [4.78, 5) is 22.4. The molecule has 9 heteroatoms. The first-order chi connectivity index (χ1) is 25.4. The summed E-state index contributed by atoms with van der Waals surface area (Å²) in [6.45, 7) is 4.69. The maximum absolute atomic E-state index is 12.5. The van der Waals surface area contributed by atoms with Crippen molar-refractivity contribution in [1.29, 1.82) is 0 Å². The highest BCUT2D eigenvalue weighted by molar-refractivity contribution is 7.47.